The van der Waals surface area contributed by atoms with E-state index < -0.39 is 0 Å². The molecule has 5 heteroatoms. The number of benzene rings is 1. The molecule has 0 saturated heterocycles. The Bertz CT molecular complexity index is 485. The molecule has 0 radical (unpaired) electrons. The van der Waals surface area contributed by atoms with E-state index in [0.717, 1.165) is 5.56 Å². The van der Waals surface area contributed by atoms with Gasteiger partial charge in [0.1, 0.15) is 10.9 Å². The highest BCUT2D eigenvalue weighted by atomic mass is 35.5. The number of aromatic hydroxyl groups is 1. The van der Waals surface area contributed by atoms with Gasteiger partial charge in [0.25, 0.3) is 0 Å². The summed E-state index contributed by atoms with van der Waals surface area (Å²) in [6.45, 7) is 0. The maximum Gasteiger partial charge on any atom is 0.223 e. The van der Waals surface area contributed by atoms with Gasteiger partial charge < -0.3 is 5.11 Å². The molecule has 0 fully saturated rings. The molecular formula is C10H6Cl2N2O. The van der Waals surface area contributed by atoms with Crippen LogP contribution in [-0.2, 0) is 0 Å². The fraction of sp³-hybridized carbons (Fsp3) is 0. The van der Waals surface area contributed by atoms with Crippen LogP contribution in [-0.4, -0.2) is 15.1 Å². The maximum atomic E-state index is 9.13. The first-order valence-electron chi connectivity index (χ1n) is 4.14. The Labute approximate surface area is 96.3 Å². The lowest BCUT2D eigenvalue weighted by atomic mass is 10.1. The van der Waals surface area contributed by atoms with Crippen LogP contribution in [0.5, 0.6) is 5.75 Å². The van der Waals surface area contributed by atoms with Gasteiger partial charge in [0.2, 0.25) is 5.28 Å². The third-order valence-electron chi connectivity index (χ3n) is 1.89. The summed E-state index contributed by atoms with van der Waals surface area (Å²) in [4.78, 5) is 7.68. The van der Waals surface area contributed by atoms with Crippen LogP contribution in [0.4, 0.5) is 0 Å². The Hall–Kier alpha value is -1.32. The predicted molar refractivity (Wildman–Crippen MR) is 59.2 cm³/mol. The second-order valence-corrected chi connectivity index (χ2v) is 3.59. The van der Waals surface area contributed by atoms with Crippen LogP contribution < -0.4 is 0 Å². The number of nitrogens with zero attached hydrogens (tertiary/aromatic N) is 2. The van der Waals surface area contributed by atoms with Crippen LogP contribution in [0.25, 0.3) is 11.1 Å². The second kappa shape index (κ2) is 4.04. The van der Waals surface area contributed by atoms with Crippen molar-refractivity contribution in [2.24, 2.45) is 0 Å². The first-order chi connectivity index (χ1) is 7.16. The minimum atomic E-state index is 0.113. The number of hydrogen-bond acceptors (Lipinski definition) is 3. The zero-order valence-corrected chi connectivity index (χ0v) is 9.00. The highest BCUT2D eigenvalue weighted by Gasteiger charge is 2.06. The predicted octanol–water partition coefficient (Wildman–Crippen LogP) is 3.16. The highest BCUT2D eigenvalue weighted by molar-refractivity contribution is 6.33. The smallest absolute Gasteiger partial charge is 0.223 e. The van der Waals surface area contributed by atoms with Gasteiger partial charge in [-0.3, -0.25) is 0 Å². The van der Waals surface area contributed by atoms with Crippen LogP contribution in [0, 0.1) is 0 Å². The summed E-state index contributed by atoms with van der Waals surface area (Å²) >= 11 is 11.5. The average Bonchev–Trinajstić information content (AvgIpc) is 2.20. The number of aromatic nitrogens is 2. The molecule has 0 bridgehead atoms. The standard InChI is InChI=1S/C10H6Cl2N2O/c11-9-8(5-13-10(12)14-9)6-1-3-7(15)4-2-6/h1-5,15H. The first-order valence-corrected chi connectivity index (χ1v) is 4.90. The quantitative estimate of drug-likeness (QED) is 0.616. The average molecular weight is 241 g/mol. The van der Waals surface area contributed by atoms with Gasteiger partial charge in [-0.2, -0.15) is 0 Å². The van der Waals surface area contributed by atoms with E-state index in [-0.39, 0.29) is 11.0 Å². The third kappa shape index (κ3) is 2.19. The number of phenolic OH excluding ortho intramolecular Hbond substituents is 1. The summed E-state index contributed by atoms with van der Waals surface area (Å²) in [6.07, 6.45) is 1.55. The molecule has 0 atom stereocenters. The summed E-state index contributed by atoms with van der Waals surface area (Å²) in [5.74, 6) is 0.199. The van der Waals surface area contributed by atoms with E-state index in [9.17, 15) is 0 Å². The third-order valence-corrected chi connectivity index (χ3v) is 2.36. The van der Waals surface area contributed by atoms with E-state index in [1.807, 2.05) is 0 Å². The Morgan fingerprint density at radius 3 is 2.33 bits per heavy atom. The fourth-order valence-corrected chi connectivity index (χ4v) is 1.59. The first kappa shape index (κ1) is 10.2. The fourth-order valence-electron chi connectivity index (χ4n) is 1.18. The SMILES string of the molecule is Oc1ccc(-c2cnc(Cl)nc2Cl)cc1. The minimum absolute atomic E-state index is 0.113. The minimum Gasteiger partial charge on any atom is -0.508 e. The lowest BCUT2D eigenvalue weighted by molar-refractivity contribution is 0.475. The molecule has 76 valence electrons. The zero-order valence-electron chi connectivity index (χ0n) is 7.48. The number of phenols is 1. The van der Waals surface area contributed by atoms with Crippen molar-refractivity contribution in [2.45, 2.75) is 0 Å². The monoisotopic (exact) mass is 240 g/mol. The van der Waals surface area contributed by atoms with Crippen molar-refractivity contribution >= 4 is 23.2 Å². The van der Waals surface area contributed by atoms with Crippen molar-refractivity contribution in [3.05, 3.63) is 40.9 Å². The second-order valence-electron chi connectivity index (χ2n) is 2.89. The topological polar surface area (TPSA) is 46.0 Å². The maximum absolute atomic E-state index is 9.13. The van der Waals surface area contributed by atoms with Crippen molar-refractivity contribution in [3.8, 4) is 16.9 Å². The molecule has 3 nitrogen and oxygen atoms in total. The molecule has 2 rings (SSSR count). The van der Waals surface area contributed by atoms with Crippen molar-refractivity contribution in [2.75, 3.05) is 0 Å². The van der Waals surface area contributed by atoms with Crippen LogP contribution in [0.1, 0.15) is 0 Å². The van der Waals surface area contributed by atoms with Crippen LogP contribution in [0.3, 0.4) is 0 Å². The number of halogens is 2. The molecule has 0 saturated carbocycles. The van der Waals surface area contributed by atoms with Gasteiger partial charge in [0.05, 0.1) is 0 Å². The molecule has 0 unspecified atom stereocenters. The Balaban J connectivity index is 2.49. The van der Waals surface area contributed by atoms with E-state index in [0.29, 0.717) is 10.7 Å². The zero-order chi connectivity index (χ0) is 10.8. The summed E-state index contributed by atoms with van der Waals surface area (Å²) in [5.41, 5.74) is 1.51. The molecule has 2 aromatic rings. The Morgan fingerprint density at radius 1 is 1.07 bits per heavy atom. The summed E-state index contributed by atoms with van der Waals surface area (Å²) < 4.78 is 0. The molecule has 0 spiro atoms. The Kier molecular flexibility index (Phi) is 2.75. The van der Waals surface area contributed by atoms with Crippen molar-refractivity contribution in [1.29, 1.82) is 0 Å². The number of rotatable bonds is 1. The molecule has 1 aromatic heterocycles. The van der Waals surface area contributed by atoms with Gasteiger partial charge in [0, 0.05) is 11.8 Å². The van der Waals surface area contributed by atoms with E-state index in [2.05, 4.69) is 9.97 Å². The van der Waals surface area contributed by atoms with E-state index >= 15 is 0 Å². The van der Waals surface area contributed by atoms with Gasteiger partial charge >= 0.3 is 0 Å². The van der Waals surface area contributed by atoms with Crippen molar-refractivity contribution in [3.63, 3.8) is 0 Å². The van der Waals surface area contributed by atoms with E-state index in [1.165, 1.54) is 0 Å². The van der Waals surface area contributed by atoms with Gasteiger partial charge in [-0.05, 0) is 29.3 Å². The van der Waals surface area contributed by atoms with Crippen molar-refractivity contribution < 1.29 is 5.11 Å². The number of hydrogen-bond donors (Lipinski definition) is 1. The van der Waals surface area contributed by atoms with Crippen LogP contribution in [0.15, 0.2) is 30.5 Å². The lowest BCUT2D eigenvalue weighted by Crippen LogP contribution is -1.87. The molecule has 0 aliphatic carbocycles. The highest BCUT2D eigenvalue weighted by Crippen LogP contribution is 2.27. The molecule has 0 aliphatic heterocycles. The van der Waals surface area contributed by atoms with Gasteiger partial charge in [-0.25, -0.2) is 9.97 Å². The molecule has 15 heavy (non-hydrogen) atoms. The van der Waals surface area contributed by atoms with Crippen LogP contribution >= 0.6 is 23.2 Å². The van der Waals surface area contributed by atoms with E-state index in [1.54, 1.807) is 30.5 Å². The van der Waals surface area contributed by atoms with Gasteiger partial charge in [-0.1, -0.05) is 23.7 Å². The largest absolute Gasteiger partial charge is 0.508 e. The molecule has 1 heterocycles. The summed E-state index contributed by atoms with van der Waals surface area (Å²) in [5, 5.41) is 9.54. The molecule has 0 aliphatic rings. The molecular weight excluding hydrogens is 235 g/mol. The van der Waals surface area contributed by atoms with E-state index in [4.69, 9.17) is 28.3 Å². The lowest BCUT2D eigenvalue weighted by Gasteiger charge is -2.03. The summed E-state index contributed by atoms with van der Waals surface area (Å²) in [7, 11) is 0. The molecule has 0 amide bonds. The van der Waals surface area contributed by atoms with Gasteiger partial charge in [0.15, 0.2) is 0 Å². The summed E-state index contributed by atoms with van der Waals surface area (Å²) in [6, 6.07) is 6.60. The Morgan fingerprint density at radius 2 is 1.73 bits per heavy atom. The molecule has 1 N–H and O–H groups in total. The molecule has 1 aromatic carbocycles. The van der Waals surface area contributed by atoms with Crippen LogP contribution in [0.2, 0.25) is 10.4 Å². The van der Waals surface area contributed by atoms with Gasteiger partial charge in [-0.15, -0.1) is 0 Å². The normalized spacial score (nSPS) is 10.3. The van der Waals surface area contributed by atoms with Crippen molar-refractivity contribution in [1.82, 2.24) is 9.97 Å².